The summed E-state index contributed by atoms with van der Waals surface area (Å²) in [6.07, 6.45) is 0. The zero-order valence-corrected chi connectivity index (χ0v) is 19.5. The van der Waals surface area contributed by atoms with Gasteiger partial charge in [0.1, 0.15) is 13.2 Å². The SMILES string of the molecule is COC(=O)c1cc(Br)ccc1NC(=O)COCC(=O)NC(c1ccccc1)c1ccccc1. The molecule has 0 aliphatic heterocycles. The minimum Gasteiger partial charge on any atom is -0.465 e. The minimum atomic E-state index is -0.584. The normalized spacial score (nSPS) is 10.5. The molecule has 3 aromatic carbocycles. The first-order chi connectivity index (χ1) is 16.0. The van der Waals surface area contributed by atoms with E-state index in [1.807, 2.05) is 60.7 Å². The first kappa shape index (κ1) is 24.2. The molecule has 0 saturated heterocycles. The monoisotopic (exact) mass is 510 g/mol. The lowest BCUT2D eigenvalue weighted by Gasteiger charge is -2.20. The summed E-state index contributed by atoms with van der Waals surface area (Å²) in [6, 6.07) is 23.6. The van der Waals surface area contributed by atoms with Crippen LogP contribution in [0.2, 0.25) is 0 Å². The molecule has 0 heterocycles. The fourth-order valence-corrected chi connectivity index (χ4v) is 3.54. The molecule has 0 saturated carbocycles. The van der Waals surface area contributed by atoms with Crippen molar-refractivity contribution in [3.8, 4) is 0 Å². The molecule has 0 aromatic heterocycles. The molecular formula is C25H23BrN2O5. The van der Waals surface area contributed by atoms with E-state index < -0.39 is 11.9 Å². The van der Waals surface area contributed by atoms with Gasteiger partial charge in [-0.25, -0.2) is 4.79 Å². The van der Waals surface area contributed by atoms with Crippen molar-refractivity contribution in [1.82, 2.24) is 5.32 Å². The number of carbonyl (C=O) groups excluding carboxylic acids is 3. The molecule has 0 atom stereocenters. The van der Waals surface area contributed by atoms with Gasteiger partial charge in [0, 0.05) is 4.47 Å². The first-order valence-electron chi connectivity index (χ1n) is 10.1. The summed E-state index contributed by atoms with van der Waals surface area (Å²) in [5.41, 5.74) is 2.35. The Morgan fingerprint density at radius 3 is 2.00 bits per heavy atom. The molecule has 0 radical (unpaired) electrons. The molecule has 2 amide bonds. The molecule has 0 aliphatic carbocycles. The van der Waals surface area contributed by atoms with E-state index in [2.05, 4.69) is 26.6 Å². The number of carbonyl (C=O) groups is 3. The number of benzene rings is 3. The van der Waals surface area contributed by atoms with Gasteiger partial charge in [-0.05, 0) is 29.3 Å². The number of halogens is 1. The smallest absolute Gasteiger partial charge is 0.340 e. The highest BCUT2D eigenvalue weighted by atomic mass is 79.9. The lowest BCUT2D eigenvalue weighted by molar-refractivity contribution is -0.129. The van der Waals surface area contributed by atoms with E-state index in [1.54, 1.807) is 18.2 Å². The molecule has 0 aliphatic rings. The minimum absolute atomic E-state index is 0.200. The fourth-order valence-electron chi connectivity index (χ4n) is 3.18. The number of rotatable bonds is 9. The Hall–Kier alpha value is -3.49. The van der Waals surface area contributed by atoms with Crippen molar-refractivity contribution in [2.75, 3.05) is 25.6 Å². The number of anilines is 1. The number of ether oxygens (including phenoxy) is 2. The molecule has 7 nitrogen and oxygen atoms in total. The number of hydrogen-bond donors (Lipinski definition) is 2. The standard InChI is InChI=1S/C25H23BrN2O5/c1-32-25(31)20-14-19(26)12-13-21(20)27-22(29)15-33-16-23(30)28-24(17-8-4-2-5-9-17)18-10-6-3-7-11-18/h2-14,24H,15-16H2,1H3,(H,27,29)(H,28,30). The molecule has 0 bridgehead atoms. The highest BCUT2D eigenvalue weighted by molar-refractivity contribution is 9.10. The van der Waals surface area contributed by atoms with Crippen molar-refractivity contribution in [2.45, 2.75) is 6.04 Å². The maximum atomic E-state index is 12.5. The Balaban J connectivity index is 1.56. The van der Waals surface area contributed by atoms with Crippen LogP contribution in [-0.2, 0) is 19.1 Å². The Bertz CT molecular complexity index is 1070. The molecule has 0 unspecified atom stereocenters. The maximum absolute atomic E-state index is 12.5. The van der Waals surface area contributed by atoms with E-state index in [9.17, 15) is 14.4 Å². The largest absolute Gasteiger partial charge is 0.465 e. The quantitative estimate of drug-likeness (QED) is 0.422. The first-order valence-corrected chi connectivity index (χ1v) is 10.9. The number of esters is 1. The van der Waals surface area contributed by atoms with E-state index in [0.717, 1.165) is 11.1 Å². The van der Waals surface area contributed by atoms with Crippen LogP contribution in [0.15, 0.2) is 83.3 Å². The molecule has 3 aromatic rings. The third-order valence-electron chi connectivity index (χ3n) is 4.70. The molecule has 0 fully saturated rings. The predicted octanol–water partition coefficient (Wildman–Crippen LogP) is 4.10. The maximum Gasteiger partial charge on any atom is 0.340 e. The van der Waals surface area contributed by atoms with Crippen LogP contribution in [0.5, 0.6) is 0 Å². The van der Waals surface area contributed by atoms with Gasteiger partial charge in [-0.2, -0.15) is 0 Å². The topological polar surface area (TPSA) is 93.7 Å². The van der Waals surface area contributed by atoms with Crippen LogP contribution in [0.25, 0.3) is 0 Å². The number of hydrogen-bond acceptors (Lipinski definition) is 5. The predicted molar refractivity (Wildman–Crippen MR) is 128 cm³/mol. The average Bonchev–Trinajstić information content (AvgIpc) is 2.84. The van der Waals surface area contributed by atoms with Gasteiger partial charge < -0.3 is 20.1 Å². The van der Waals surface area contributed by atoms with Crippen molar-refractivity contribution >= 4 is 39.4 Å². The van der Waals surface area contributed by atoms with Crippen molar-refractivity contribution < 1.29 is 23.9 Å². The Kier molecular flexibility index (Phi) is 8.74. The Labute approximate surface area is 200 Å². The van der Waals surface area contributed by atoms with Crippen LogP contribution >= 0.6 is 15.9 Å². The summed E-state index contributed by atoms with van der Waals surface area (Å²) in [7, 11) is 1.26. The van der Waals surface area contributed by atoms with E-state index in [0.29, 0.717) is 4.47 Å². The van der Waals surface area contributed by atoms with Crippen LogP contribution in [0.3, 0.4) is 0 Å². The van der Waals surface area contributed by atoms with Gasteiger partial charge in [0.05, 0.1) is 24.4 Å². The van der Waals surface area contributed by atoms with Gasteiger partial charge in [-0.3, -0.25) is 9.59 Å². The second kappa shape index (κ2) is 11.9. The van der Waals surface area contributed by atoms with Gasteiger partial charge in [-0.15, -0.1) is 0 Å². The van der Waals surface area contributed by atoms with Crippen LogP contribution in [0.4, 0.5) is 5.69 Å². The Morgan fingerprint density at radius 1 is 0.848 bits per heavy atom. The van der Waals surface area contributed by atoms with E-state index in [1.165, 1.54) is 7.11 Å². The van der Waals surface area contributed by atoms with Gasteiger partial charge in [0.15, 0.2) is 0 Å². The lowest BCUT2D eigenvalue weighted by atomic mass is 9.99. The number of nitrogens with one attached hydrogen (secondary N) is 2. The zero-order valence-electron chi connectivity index (χ0n) is 17.9. The summed E-state index contributed by atoms with van der Waals surface area (Å²) < 4.78 is 10.7. The van der Waals surface area contributed by atoms with E-state index >= 15 is 0 Å². The van der Waals surface area contributed by atoms with Crippen molar-refractivity contribution in [1.29, 1.82) is 0 Å². The molecule has 33 heavy (non-hydrogen) atoms. The summed E-state index contributed by atoms with van der Waals surface area (Å²) >= 11 is 3.28. The van der Waals surface area contributed by atoms with Crippen LogP contribution in [0.1, 0.15) is 27.5 Å². The van der Waals surface area contributed by atoms with Gasteiger partial charge in [0.25, 0.3) is 0 Å². The third kappa shape index (κ3) is 7.00. The van der Waals surface area contributed by atoms with E-state index in [4.69, 9.17) is 9.47 Å². The van der Waals surface area contributed by atoms with Gasteiger partial charge >= 0.3 is 5.97 Å². The second-order valence-electron chi connectivity index (χ2n) is 7.04. The second-order valence-corrected chi connectivity index (χ2v) is 7.96. The molecule has 2 N–H and O–H groups in total. The number of amides is 2. The van der Waals surface area contributed by atoms with Crippen LogP contribution in [-0.4, -0.2) is 38.1 Å². The molecule has 0 spiro atoms. The van der Waals surface area contributed by atoms with Gasteiger partial charge in [-0.1, -0.05) is 76.6 Å². The summed E-state index contributed by atoms with van der Waals surface area (Å²) in [4.78, 5) is 36.7. The van der Waals surface area contributed by atoms with Crippen LogP contribution in [0, 0.1) is 0 Å². The molecule has 170 valence electrons. The van der Waals surface area contributed by atoms with Crippen LogP contribution < -0.4 is 10.6 Å². The highest BCUT2D eigenvalue weighted by Gasteiger charge is 2.18. The highest BCUT2D eigenvalue weighted by Crippen LogP contribution is 2.23. The summed E-state index contributed by atoms with van der Waals surface area (Å²) in [5, 5.41) is 5.55. The molecule has 8 heteroatoms. The lowest BCUT2D eigenvalue weighted by Crippen LogP contribution is -2.33. The van der Waals surface area contributed by atoms with Gasteiger partial charge in [0.2, 0.25) is 11.8 Å². The summed E-state index contributed by atoms with van der Waals surface area (Å²) in [5.74, 6) is -1.45. The number of methoxy groups -OCH3 is 1. The third-order valence-corrected chi connectivity index (χ3v) is 5.19. The zero-order chi connectivity index (χ0) is 23.6. The van der Waals surface area contributed by atoms with E-state index in [-0.39, 0.29) is 36.4 Å². The van der Waals surface area contributed by atoms with Crippen molar-refractivity contribution in [3.05, 3.63) is 100 Å². The summed E-state index contributed by atoms with van der Waals surface area (Å²) in [6.45, 7) is -0.654. The Morgan fingerprint density at radius 2 is 1.42 bits per heavy atom. The average molecular weight is 511 g/mol. The van der Waals surface area contributed by atoms with Crippen molar-refractivity contribution in [2.24, 2.45) is 0 Å². The molecule has 3 rings (SSSR count). The fraction of sp³-hybridized carbons (Fsp3) is 0.160. The molecular weight excluding hydrogens is 488 g/mol. The van der Waals surface area contributed by atoms with Crippen molar-refractivity contribution in [3.63, 3.8) is 0 Å².